The Morgan fingerprint density at radius 2 is 1.83 bits per heavy atom. The Labute approximate surface area is 74.1 Å². The zero-order chi connectivity index (χ0) is 9.03. The summed E-state index contributed by atoms with van der Waals surface area (Å²) in [5.74, 6) is 0. The molecule has 65 valence electrons. The van der Waals surface area contributed by atoms with Crippen LogP contribution in [-0.2, 0) is 15.8 Å². The highest BCUT2D eigenvalue weighted by atomic mass is 28.4. The van der Waals surface area contributed by atoms with Gasteiger partial charge >= 0.3 is 8.56 Å². The summed E-state index contributed by atoms with van der Waals surface area (Å²) in [6.45, 7) is 3.75. The lowest BCUT2D eigenvalue weighted by Crippen LogP contribution is -2.27. The second kappa shape index (κ2) is 3.84. The SMILES string of the molecule is C[Si](C)([O])OCc1ccccc1. The Bertz CT molecular complexity index is 228. The first-order valence-electron chi connectivity index (χ1n) is 3.96. The lowest BCUT2D eigenvalue weighted by molar-refractivity contribution is 0.200. The number of hydrogen-bond donors (Lipinski definition) is 0. The smallest absolute Gasteiger partial charge is 0.367 e. The monoisotopic (exact) mass is 181 g/mol. The van der Waals surface area contributed by atoms with E-state index in [9.17, 15) is 4.80 Å². The average molecular weight is 181 g/mol. The Morgan fingerprint density at radius 3 is 2.33 bits per heavy atom. The van der Waals surface area contributed by atoms with Gasteiger partial charge < -0.3 is 4.43 Å². The van der Waals surface area contributed by atoms with E-state index in [1.807, 2.05) is 30.3 Å². The van der Waals surface area contributed by atoms with Gasteiger partial charge in [-0.2, -0.15) is 0 Å². The summed E-state index contributed by atoms with van der Waals surface area (Å²) in [6.07, 6.45) is 0. The van der Waals surface area contributed by atoms with Gasteiger partial charge in [0.1, 0.15) is 0 Å². The van der Waals surface area contributed by atoms with Gasteiger partial charge in [-0.15, -0.1) is 0 Å². The third-order valence-corrected chi connectivity index (χ3v) is 2.27. The molecule has 0 aliphatic rings. The molecular formula is C9H13O2Si. The van der Waals surface area contributed by atoms with Crippen molar-refractivity contribution < 1.29 is 9.22 Å². The van der Waals surface area contributed by atoms with E-state index in [1.165, 1.54) is 0 Å². The Balaban J connectivity index is 2.44. The van der Waals surface area contributed by atoms with E-state index in [2.05, 4.69) is 0 Å². The predicted molar refractivity (Wildman–Crippen MR) is 49.4 cm³/mol. The molecule has 1 aromatic rings. The molecule has 0 amide bonds. The molecule has 0 saturated carbocycles. The Kier molecular flexibility index (Phi) is 3.03. The molecule has 0 saturated heterocycles. The van der Waals surface area contributed by atoms with Crippen molar-refractivity contribution >= 4 is 8.56 Å². The maximum atomic E-state index is 11.2. The fourth-order valence-electron chi connectivity index (χ4n) is 0.831. The van der Waals surface area contributed by atoms with Crippen LogP contribution in [0.3, 0.4) is 0 Å². The van der Waals surface area contributed by atoms with E-state index in [0.29, 0.717) is 6.61 Å². The molecular weight excluding hydrogens is 168 g/mol. The molecule has 1 rings (SSSR count). The maximum Gasteiger partial charge on any atom is 0.367 e. The van der Waals surface area contributed by atoms with Crippen LogP contribution in [0.15, 0.2) is 30.3 Å². The third-order valence-electron chi connectivity index (χ3n) is 1.43. The van der Waals surface area contributed by atoms with Gasteiger partial charge in [0, 0.05) is 0 Å². The summed E-state index contributed by atoms with van der Waals surface area (Å²) in [5, 5.41) is 0. The highest BCUT2D eigenvalue weighted by Gasteiger charge is 2.20. The van der Waals surface area contributed by atoms with Crippen molar-refractivity contribution in [2.24, 2.45) is 0 Å². The van der Waals surface area contributed by atoms with Crippen molar-refractivity contribution in [2.45, 2.75) is 19.7 Å². The molecule has 0 aromatic heterocycles. The molecule has 12 heavy (non-hydrogen) atoms. The van der Waals surface area contributed by atoms with E-state index < -0.39 is 8.56 Å². The van der Waals surface area contributed by atoms with Gasteiger partial charge in [-0.25, -0.2) is 0 Å². The molecule has 3 heteroatoms. The summed E-state index contributed by atoms with van der Waals surface area (Å²) >= 11 is 0. The fourth-order valence-corrected chi connectivity index (χ4v) is 1.35. The molecule has 1 radical (unpaired) electrons. The molecule has 0 unspecified atom stereocenters. The number of benzene rings is 1. The number of hydrogen-bond acceptors (Lipinski definition) is 1. The second-order valence-electron chi connectivity index (χ2n) is 3.17. The van der Waals surface area contributed by atoms with Crippen LogP contribution in [0.25, 0.3) is 0 Å². The van der Waals surface area contributed by atoms with E-state index in [1.54, 1.807) is 13.1 Å². The summed E-state index contributed by atoms with van der Waals surface area (Å²) in [4.78, 5) is 11.2. The molecule has 0 spiro atoms. The topological polar surface area (TPSA) is 29.1 Å². The van der Waals surface area contributed by atoms with Gasteiger partial charge in [0.2, 0.25) is 0 Å². The quantitative estimate of drug-likeness (QED) is 0.658. The number of rotatable bonds is 3. The molecule has 0 N–H and O–H groups in total. The van der Waals surface area contributed by atoms with Crippen molar-refractivity contribution in [1.29, 1.82) is 0 Å². The van der Waals surface area contributed by atoms with Crippen molar-refractivity contribution in [3.63, 3.8) is 0 Å². The minimum atomic E-state index is -2.59. The van der Waals surface area contributed by atoms with Crippen LogP contribution in [0.1, 0.15) is 5.56 Å². The molecule has 2 nitrogen and oxygen atoms in total. The lowest BCUT2D eigenvalue weighted by Gasteiger charge is -2.12. The highest BCUT2D eigenvalue weighted by molar-refractivity contribution is 6.62. The summed E-state index contributed by atoms with van der Waals surface area (Å²) in [5.41, 5.74) is 1.06. The summed E-state index contributed by atoms with van der Waals surface area (Å²) in [6, 6.07) is 9.75. The van der Waals surface area contributed by atoms with Crippen LogP contribution >= 0.6 is 0 Å². The van der Waals surface area contributed by atoms with Gasteiger partial charge in [-0.1, -0.05) is 30.3 Å². The molecule has 0 heterocycles. The van der Waals surface area contributed by atoms with Gasteiger partial charge in [0.25, 0.3) is 0 Å². The van der Waals surface area contributed by atoms with Crippen LogP contribution in [0.5, 0.6) is 0 Å². The Morgan fingerprint density at radius 1 is 1.25 bits per heavy atom. The van der Waals surface area contributed by atoms with E-state index in [-0.39, 0.29) is 0 Å². The zero-order valence-electron chi connectivity index (χ0n) is 7.41. The molecule has 0 aliphatic carbocycles. The highest BCUT2D eigenvalue weighted by Crippen LogP contribution is 2.06. The fraction of sp³-hybridized carbons (Fsp3) is 0.333. The summed E-state index contributed by atoms with van der Waals surface area (Å²) < 4.78 is 5.20. The van der Waals surface area contributed by atoms with E-state index >= 15 is 0 Å². The second-order valence-corrected chi connectivity index (χ2v) is 6.26. The Hall–Kier alpha value is -0.643. The molecule has 1 aromatic carbocycles. The van der Waals surface area contributed by atoms with Crippen LogP contribution in [-0.4, -0.2) is 8.56 Å². The van der Waals surface area contributed by atoms with Crippen LogP contribution in [0, 0.1) is 0 Å². The molecule has 0 atom stereocenters. The summed E-state index contributed by atoms with van der Waals surface area (Å²) in [7, 11) is -2.59. The van der Waals surface area contributed by atoms with E-state index in [4.69, 9.17) is 4.43 Å². The van der Waals surface area contributed by atoms with Crippen molar-refractivity contribution in [2.75, 3.05) is 0 Å². The first-order valence-corrected chi connectivity index (χ1v) is 6.78. The van der Waals surface area contributed by atoms with Crippen LogP contribution in [0.2, 0.25) is 13.1 Å². The van der Waals surface area contributed by atoms with Gasteiger partial charge in [0.15, 0.2) is 0 Å². The average Bonchev–Trinajstić information content (AvgIpc) is 2.02. The van der Waals surface area contributed by atoms with Crippen LogP contribution < -0.4 is 0 Å². The molecule has 0 bridgehead atoms. The normalized spacial score (nSPS) is 11.6. The largest absolute Gasteiger partial charge is 0.389 e. The van der Waals surface area contributed by atoms with E-state index in [0.717, 1.165) is 5.56 Å². The van der Waals surface area contributed by atoms with Gasteiger partial charge in [-0.05, 0) is 18.7 Å². The van der Waals surface area contributed by atoms with Gasteiger partial charge in [-0.3, -0.25) is 4.80 Å². The lowest BCUT2D eigenvalue weighted by atomic mass is 10.2. The molecule has 0 fully saturated rings. The van der Waals surface area contributed by atoms with Crippen molar-refractivity contribution in [1.82, 2.24) is 0 Å². The van der Waals surface area contributed by atoms with Crippen molar-refractivity contribution in [3.8, 4) is 0 Å². The van der Waals surface area contributed by atoms with Crippen LogP contribution in [0.4, 0.5) is 0 Å². The maximum absolute atomic E-state index is 11.2. The predicted octanol–water partition coefficient (Wildman–Crippen LogP) is 2.34. The first-order chi connectivity index (χ1) is 5.58. The minimum absolute atomic E-state index is 0.448. The third kappa shape index (κ3) is 3.66. The minimum Gasteiger partial charge on any atom is -0.389 e. The molecule has 0 aliphatic heterocycles. The van der Waals surface area contributed by atoms with Gasteiger partial charge in [0.05, 0.1) is 6.61 Å². The first kappa shape index (κ1) is 9.44. The zero-order valence-corrected chi connectivity index (χ0v) is 8.41. The van der Waals surface area contributed by atoms with Crippen molar-refractivity contribution in [3.05, 3.63) is 35.9 Å². The standard InChI is InChI=1S/C9H13O2Si/c1-12(2,10)11-8-9-6-4-3-5-7-9/h3-7H,8H2,1-2H3.